The molecule has 1 aromatic heterocycles. The summed E-state index contributed by atoms with van der Waals surface area (Å²) in [5, 5.41) is 0. The number of aromatic nitrogens is 1. The monoisotopic (exact) mass is 445 g/mol. The molecule has 32 heavy (non-hydrogen) atoms. The van der Waals surface area contributed by atoms with E-state index < -0.39 is 6.36 Å². The van der Waals surface area contributed by atoms with Crippen LogP contribution in [0.2, 0.25) is 0 Å². The van der Waals surface area contributed by atoms with E-state index in [1.54, 1.807) is 36.3 Å². The van der Waals surface area contributed by atoms with Crippen LogP contribution in [-0.2, 0) is 6.54 Å². The number of alkyl halides is 3. The highest BCUT2D eigenvalue weighted by molar-refractivity contribution is 5.98. The van der Waals surface area contributed by atoms with Crippen molar-refractivity contribution < 1.29 is 27.4 Å². The summed E-state index contributed by atoms with van der Waals surface area (Å²) >= 11 is 0. The molecule has 0 aliphatic carbocycles. The van der Waals surface area contributed by atoms with Crippen molar-refractivity contribution in [3.05, 3.63) is 60.3 Å². The zero-order valence-corrected chi connectivity index (χ0v) is 17.4. The number of fused-ring (bicyclic) bond motifs is 1. The minimum absolute atomic E-state index is 0.162. The van der Waals surface area contributed by atoms with Gasteiger partial charge in [0.1, 0.15) is 17.2 Å². The number of hydrogen-bond donors (Lipinski definition) is 1. The van der Waals surface area contributed by atoms with E-state index >= 15 is 0 Å². The Balaban J connectivity index is 1.86. The van der Waals surface area contributed by atoms with Gasteiger partial charge in [0.15, 0.2) is 0 Å². The van der Waals surface area contributed by atoms with Crippen molar-refractivity contribution in [1.29, 1.82) is 0 Å². The second-order valence-corrected chi connectivity index (χ2v) is 7.33. The number of methoxy groups -OCH3 is 1. The first-order valence-electron chi connectivity index (χ1n) is 10.0. The number of nitrogens with zero attached hydrogens (tertiary/aromatic N) is 2. The summed E-state index contributed by atoms with van der Waals surface area (Å²) in [6.07, 6.45) is -4.80. The number of amides is 1. The molecule has 0 radical (unpaired) electrons. The molecule has 2 heterocycles. The summed E-state index contributed by atoms with van der Waals surface area (Å²) in [6, 6.07) is 14.8. The van der Waals surface area contributed by atoms with Gasteiger partial charge in [-0.15, -0.1) is 13.2 Å². The second kappa shape index (κ2) is 8.58. The summed E-state index contributed by atoms with van der Waals surface area (Å²) in [6.45, 7) is 1.83. The van der Waals surface area contributed by atoms with E-state index in [-0.39, 0.29) is 11.7 Å². The number of halogens is 3. The van der Waals surface area contributed by atoms with Crippen LogP contribution in [0.5, 0.6) is 11.5 Å². The normalized spacial score (nSPS) is 13.8. The van der Waals surface area contributed by atoms with Crippen LogP contribution < -0.4 is 15.2 Å². The van der Waals surface area contributed by atoms with Crippen LogP contribution in [0.3, 0.4) is 0 Å². The lowest BCUT2D eigenvalue weighted by Crippen LogP contribution is -2.42. The van der Waals surface area contributed by atoms with Crippen LogP contribution in [0.25, 0.3) is 22.4 Å². The van der Waals surface area contributed by atoms with Crippen LogP contribution in [0.1, 0.15) is 10.5 Å². The highest BCUT2D eigenvalue weighted by Crippen LogP contribution is 2.39. The summed E-state index contributed by atoms with van der Waals surface area (Å²) < 4.78 is 49.5. The molecular weight excluding hydrogens is 423 g/mol. The molecule has 1 aliphatic rings. The number of benzene rings is 2. The lowest BCUT2D eigenvalue weighted by molar-refractivity contribution is -0.274. The maximum atomic E-state index is 13.0. The van der Waals surface area contributed by atoms with Gasteiger partial charge in [0.05, 0.1) is 12.8 Å². The molecule has 0 atom stereocenters. The van der Waals surface area contributed by atoms with Crippen molar-refractivity contribution in [3.63, 3.8) is 0 Å². The Kier molecular flexibility index (Phi) is 5.84. The van der Waals surface area contributed by atoms with Gasteiger partial charge in [-0.3, -0.25) is 4.79 Å². The molecule has 0 bridgehead atoms. The zero-order valence-electron chi connectivity index (χ0n) is 17.4. The molecule has 168 valence electrons. The number of hydrogen-bond acceptors (Lipinski definition) is 4. The molecular formula is C23H22F3N3O3. The fourth-order valence-electron chi connectivity index (χ4n) is 3.95. The van der Waals surface area contributed by atoms with Crippen LogP contribution in [0, 0.1) is 0 Å². The second-order valence-electron chi connectivity index (χ2n) is 7.33. The van der Waals surface area contributed by atoms with E-state index in [1.165, 1.54) is 18.2 Å². The number of rotatable bonds is 6. The molecule has 3 aromatic rings. The standard InChI is InChI=1S/C23H22F3N3O3/c1-31-17-7-5-15(6-8-17)21-19(16-3-2-4-18(13-16)32-23(24,25)26)14-20-22(30)28(10-9-27)11-12-29(20)21/h2-8,13-14H,9-12,27H2,1H3. The average molecular weight is 445 g/mol. The van der Waals surface area contributed by atoms with Gasteiger partial charge in [-0.05, 0) is 53.6 Å². The number of carbonyl (C=O) groups is 1. The minimum Gasteiger partial charge on any atom is -0.497 e. The summed E-state index contributed by atoms with van der Waals surface area (Å²) in [7, 11) is 1.57. The quantitative estimate of drug-likeness (QED) is 0.619. The lowest BCUT2D eigenvalue weighted by Gasteiger charge is -2.29. The van der Waals surface area contributed by atoms with E-state index in [4.69, 9.17) is 10.5 Å². The molecule has 0 saturated heterocycles. The first-order chi connectivity index (χ1) is 15.3. The molecule has 2 N–H and O–H groups in total. The lowest BCUT2D eigenvalue weighted by atomic mass is 10.0. The van der Waals surface area contributed by atoms with E-state index in [0.717, 1.165) is 11.3 Å². The Hall–Kier alpha value is -3.46. The van der Waals surface area contributed by atoms with Crippen molar-refractivity contribution in [3.8, 4) is 33.9 Å². The van der Waals surface area contributed by atoms with Crippen LogP contribution in [0.4, 0.5) is 13.2 Å². The first kappa shape index (κ1) is 21.8. The van der Waals surface area contributed by atoms with Crippen LogP contribution in [0.15, 0.2) is 54.6 Å². The molecule has 0 saturated carbocycles. The highest BCUT2D eigenvalue weighted by atomic mass is 19.4. The molecule has 6 nitrogen and oxygen atoms in total. The number of nitrogens with two attached hydrogens (primary N) is 1. The minimum atomic E-state index is -4.80. The predicted octanol–water partition coefficient (Wildman–Crippen LogP) is 4.14. The molecule has 0 spiro atoms. The Morgan fingerprint density at radius 3 is 2.41 bits per heavy atom. The third kappa shape index (κ3) is 4.29. The number of ether oxygens (including phenoxy) is 2. The SMILES string of the molecule is COc1ccc(-c2c(-c3cccc(OC(F)(F)F)c3)cc3n2CCN(CCN)C3=O)cc1. The van der Waals surface area contributed by atoms with E-state index in [0.29, 0.717) is 48.7 Å². The van der Waals surface area contributed by atoms with Crippen molar-refractivity contribution in [2.75, 3.05) is 26.7 Å². The third-order valence-corrected chi connectivity index (χ3v) is 5.34. The maximum Gasteiger partial charge on any atom is 0.573 e. The van der Waals surface area contributed by atoms with Crippen molar-refractivity contribution in [2.24, 2.45) is 5.73 Å². The van der Waals surface area contributed by atoms with Crippen molar-refractivity contribution >= 4 is 5.91 Å². The van der Waals surface area contributed by atoms with Crippen LogP contribution in [-0.4, -0.2) is 48.5 Å². The largest absolute Gasteiger partial charge is 0.573 e. The Morgan fingerprint density at radius 1 is 1.00 bits per heavy atom. The summed E-state index contributed by atoms with van der Waals surface area (Å²) in [4.78, 5) is 14.7. The molecule has 0 fully saturated rings. The van der Waals surface area contributed by atoms with E-state index in [2.05, 4.69) is 4.74 Å². The maximum absolute atomic E-state index is 13.0. The number of carbonyl (C=O) groups excluding carboxylic acids is 1. The zero-order chi connectivity index (χ0) is 22.9. The smallest absolute Gasteiger partial charge is 0.497 e. The topological polar surface area (TPSA) is 69.7 Å². The van der Waals surface area contributed by atoms with Gasteiger partial charge in [0.25, 0.3) is 5.91 Å². The summed E-state index contributed by atoms with van der Waals surface area (Å²) in [5.41, 5.74) is 8.81. The molecule has 4 rings (SSSR count). The molecule has 1 aliphatic heterocycles. The highest BCUT2D eigenvalue weighted by Gasteiger charge is 2.32. The van der Waals surface area contributed by atoms with Gasteiger partial charge < -0.3 is 24.7 Å². The van der Waals surface area contributed by atoms with Gasteiger partial charge in [0, 0.05) is 31.7 Å². The van der Waals surface area contributed by atoms with Gasteiger partial charge in [0.2, 0.25) is 0 Å². The average Bonchev–Trinajstić information content (AvgIpc) is 3.15. The Bertz CT molecular complexity index is 1120. The van der Waals surface area contributed by atoms with E-state index in [9.17, 15) is 18.0 Å². The molecule has 2 aromatic carbocycles. The Labute approximate surface area is 182 Å². The summed E-state index contributed by atoms with van der Waals surface area (Å²) in [5.74, 6) is 0.188. The van der Waals surface area contributed by atoms with E-state index in [1.807, 2.05) is 16.7 Å². The fourth-order valence-corrected chi connectivity index (χ4v) is 3.95. The van der Waals surface area contributed by atoms with Crippen molar-refractivity contribution in [1.82, 2.24) is 9.47 Å². The molecule has 0 unspecified atom stereocenters. The predicted molar refractivity (Wildman–Crippen MR) is 113 cm³/mol. The van der Waals surface area contributed by atoms with Gasteiger partial charge in [-0.1, -0.05) is 12.1 Å². The third-order valence-electron chi connectivity index (χ3n) is 5.34. The Morgan fingerprint density at radius 2 is 1.75 bits per heavy atom. The molecule has 9 heteroatoms. The fraction of sp³-hybridized carbons (Fsp3) is 0.261. The first-order valence-corrected chi connectivity index (χ1v) is 10.0. The molecule has 1 amide bonds. The van der Waals surface area contributed by atoms with Crippen molar-refractivity contribution in [2.45, 2.75) is 12.9 Å². The van der Waals surface area contributed by atoms with Gasteiger partial charge >= 0.3 is 6.36 Å². The van der Waals surface area contributed by atoms with Crippen LogP contribution >= 0.6 is 0 Å². The van der Waals surface area contributed by atoms with Gasteiger partial charge in [-0.2, -0.15) is 0 Å². The van der Waals surface area contributed by atoms with Gasteiger partial charge in [-0.25, -0.2) is 0 Å².